The zero-order valence-corrected chi connectivity index (χ0v) is 11.1. The number of nitrogens with zero attached hydrogens (tertiary/aromatic N) is 1. The summed E-state index contributed by atoms with van der Waals surface area (Å²) in [7, 11) is 0. The Morgan fingerprint density at radius 1 is 1.37 bits per heavy atom. The average molecular weight is 276 g/mol. The van der Waals surface area contributed by atoms with E-state index in [4.69, 9.17) is 11.6 Å². The number of nitrogens with one attached hydrogen (secondary N) is 2. The number of H-pyrrole nitrogens is 1. The molecule has 1 atom stereocenters. The molecule has 1 aliphatic rings. The van der Waals surface area contributed by atoms with Crippen molar-refractivity contribution < 1.29 is 0 Å². The first-order valence-electron chi connectivity index (χ1n) is 6.33. The van der Waals surface area contributed by atoms with E-state index < -0.39 is 0 Å². The van der Waals surface area contributed by atoms with Gasteiger partial charge in [0.05, 0.1) is 12.4 Å². The molecule has 1 heterocycles. The molecule has 0 fully saturated rings. The first-order valence-corrected chi connectivity index (χ1v) is 6.71. The molecule has 0 amide bonds. The van der Waals surface area contributed by atoms with Crippen LogP contribution >= 0.6 is 11.6 Å². The zero-order chi connectivity index (χ0) is 13.2. The van der Waals surface area contributed by atoms with Gasteiger partial charge in [-0.1, -0.05) is 35.9 Å². The Bertz CT molecular complexity index is 653. The molecule has 1 unspecified atom stereocenters. The lowest BCUT2D eigenvalue weighted by atomic mass is 9.88. The fraction of sp³-hybridized carbons (Fsp3) is 0.286. The minimum absolute atomic E-state index is 0.116. The lowest BCUT2D eigenvalue weighted by molar-refractivity contribution is 0.598. The standard InChI is InChI=1S/C14H14ClN3O/c15-12-13(16-8-17-14(12)19)18-11-7-3-5-9-4-1-2-6-10(9)11/h1-2,4,6,8,11H,3,5,7H2,(H2,16,17,18,19). The molecule has 0 radical (unpaired) electrons. The Morgan fingerprint density at radius 2 is 2.21 bits per heavy atom. The molecule has 2 N–H and O–H groups in total. The number of anilines is 1. The van der Waals surface area contributed by atoms with Gasteiger partial charge in [0.15, 0.2) is 5.82 Å². The van der Waals surface area contributed by atoms with Crippen molar-refractivity contribution in [3.63, 3.8) is 0 Å². The smallest absolute Gasteiger partial charge is 0.271 e. The highest BCUT2D eigenvalue weighted by atomic mass is 35.5. The van der Waals surface area contributed by atoms with E-state index in [0.29, 0.717) is 5.82 Å². The summed E-state index contributed by atoms with van der Waals surface area (Å²) in [6.45, 7) is 0. The maximum absolute atomic E-state index is 11.5. The number of hydrogen-bond acceptors (Lipinski definition) is 3. The zero-order valence-electron chi connectivity index (χ0n) is 10.3. The van der Waals surface area contributed by atoms with Crippen LogP contribution in [0.15, 0.2) is 35.4 Å². The van der Waals surface area contributed by atoms with E-state index in [9.17, 15) is 4.79 Å². The van der Waals surface area contributed by atoms with E-state index in [1.54, 1.807) is 0 Å². The molecule has 2 aromatic rings. The van der Waals surface area contributed by atoms with Crippen molar-refractivity contribution in [3.8, 4) is 0 Å². The van der Waals surface area contributed by atoms with Gasteiger partial charge >= 0.3 is 0 Å². The van der Waals surface area contributed by atoms with Gasteiger partial charge in [0.25, 0.3) is 5.56 Å². The number of aryl methyl sites for hydroxylation is 1. The van der Waals surface area contributed by atoms with Gasteiger partial charge in [-0.05, 0) is 30.4 Å². The van der Waals surface area contributed by atoms with Crippen LogP contribution in [0, 0.1) is 0 Å². The number of rotatable bonds is 2. The molecule has 0 aliphatic heterocycles. The van der Waals surface area contributed by atoms with Gasteiger partial charge in [-0.2, -0.15) is 0 Å². The van der Waals surface area contributed by atoms with Gasteiger partial charge in [-0.3, -0.25) is 4.79 Å². The van der Waals surface area contributed by atoms with E-state index in [2.05, 4.69) is 33.5 Å². The van der Waals surface area contributed by atoms with Crippen molar-refractivity contribution in [1.29, 1.82) is 0 Å². The molecule has 19 heavy (non-hydrogen) atoms. The number of aromatic nitrogens is 2. The third kappa shape index (κ3) is 2.36. The van der Waals surface area contributed by atoms with Crippen LogP contribution in [0.25, 0.3) is 0 Å². The molecular formula is C14H14ClN3O. The maximum atomic E-state index is 11.5. The summed E-state index contributed by atoms with van der Waals surface area (Å²) in [5, 5.41) is 3.40. The van der Waals surface area contributed by atoms with Crippen LogP contribution in [0.3, 0.4) is 0 Å². The molecule has 0 saturated carbocycles. The fourth-order valence-electron chi connectivity index (χ4n) is 2.55. The Hall–Kier alpha value is -1.81. The molecule has 3 rings (SSSR count). The summed E-state index contributed by atoms with van der Waals surface area (Å²) in [6, 6.07) is 8.52. The molecule has 0 spiro atoms. The summed E-state index contributed by atoms with van der Waals surface area (Å²) >= 11 is 5.97. The molecule has 1 aliphatic carbocycles. The topological polar surface area (TPSA) is 57.8 Å². The molecule has 5 heteroatoms. The number of aromatic amines is 1. The van der Waals surface area contributed by atoms with Gasteiger partial charge in [0.1, 0.15) is 5.02 Å². The third-order valence-corrected chi connectivity index (χ3v) is 3.83. The van der Waals surface area contributed by atoms with Gasteiger partial charge in [0.2, 0.25) is 0 Å². The highest BCUT2D eigenvalue weighted by Gasteiger charge is 2.21. The molecule has 1 aromatic carbocycles. The summed E-state index contributed by atoms with van der Waals surface area (Å²) in [6.07, 6.45) is 4.60. The van der Waals surface area contributed by atoms with Gasteiger partial charge in [-0.25, -0.2) is 4.98 Å². The van der Waals surface area contributed by atoms with Crippen molar-refractivity contribution in [2.45, 2.75) is 25.3 Å². The third-order valence-electron chi connectivity index (χ3n) is 3.48. The summed E-state index contributed by atoms with van der Waals surface area (Å²) in [4.78, 5) is 18.0. The normalized spacial score (nSPS) is 17.8. The van der Waals surface area contributed by atoms with Gasteiger partial charge < -0.3 is 10.3 Å². The minimum Gasteiger partial charge on any atom is -0.362 e. The van der Waals surface area contributed by atoms with Crippen LogP contribution in [-0.4, -0.2) is 9.97 Å². The maximum Gasteiger partial charge on any atom is 0.271 e. The quantitative estimate of drug-likeness (QED) is 0.886. The van der Waals surface area contributed by atoms with Gasteiger partial charge in [-0.15, -0.1) is 0 Å². The second-order valence-electron chi connectivity index (χ2n) is 4.68. The van der Waals surface area contributed by atoms with Gasteiger partial charge in [0, 0.05) is 0 Å². The lowest BCUT2D eigenvalue weighted by Crippen LogP contribution is -2.20. The van der Waals surface area contributed by atoms with E-state index >= 15 is 0 Å². The monoisotopic (exact) mass is 275 g/mol. The first kappa shape index (κ1) is 12.2. The number of hydrogen-bond donors (Lipinski definition) is 2. The average Bonchev–Trinajstić information content (AvgIpc) is 2.44. The number of halogens is 1. The van der Waals surface area contributed by atoms with E-state index in [-0.39, 0.29) is 16.6 Å². The lowest BCUT2D eigenvalue weighted by Gasteiger charge is -2.26. The van der Waals surface area contributed by atoms with Crippen LogP contribution in [-0.2, 0) is 6.42 Å². The van der Waals surface area contributed by atoms with Crippen molar-refractivity contribution in [2.24, 2.45) is 0 Å². The summed E-state index contributed by atoms with van der Waals surface area (Å²) < 4.78 is 0. The minimum atomic E-state index is -0.316. The van der Waals surface area contributed by atoms with Crippen LogP contribution in [0.5, 0.6) is 0 Å². The number of benzene rings is 1. The molecular weight excluding hydrogens is 262 g/mol. The predicted molar refractivity (Wildman–Crippen MR) is 75.6 cm³/mol. The van der Waals surface area contributed by atoms with Crippen molar-refractivity contribution in [3.05, 3.63) is 57.1 Å². The van der Waals surface area contributed by atoms with Crippen LogP contribution < -0.4 is 10.9 Å². The predicted octanol–water partition coefficient (Wildman–Crippen LogP) is 2.91. The van der Waals surface area contributed by atoms with Crippen molar-refractivity contribution >= 4 is 17.4 Å². The van der Waals surface area contributed by atoms with Crippen molar-refractivity contribution in [1.82, 2.24) is 9.97 Å². The highest BCUT2D eigenvalue weighted by Crippen LogP contribution is 2.32. The highest BCUT2D eigenvalue weighted by molar-refractivity contribution is 6.32. The van der Waals surface area contributed by atoms with Crippen LogP contribution in [0.1, 0.15) is 30.0 Å². The largest absolute Gasteiger partial charge is 0.362 e. The first-order chi connectivity index (χ1) is 9.25. The second-order valence-corrected chi connectivity index (χ2v) is 5.06. The molecule has 0 saturated heterocycles. The summed E-state index contributed by atoms with van der Waals surface area (Å²) in [5.74, 6) is 0.451. The fourth-order valence-corrected chi connectivity index (χ4v) is 2.71. The van der Waals surface area contributed by atoms with Crippen molar-refractivity contribution in [2.75, 3.05) is 5.32 Å². The molecule has 4 nitrogen and oxygen atoms in total. The Labute approximate surface area is 115 Å². The van der Waals surface area contributed by atoms with Crippen LogP contribution in [0.4, 0.5) is 5.82 Å². The van der Waals surface area contributed by atoms with E-state index in [1.165, 1.54) is 17.5 Å². The van der Waals surface area contributed by atoms with Crippen LogP contribution in [0.2, 0.25) is 5.02 Å². The Balaban J connectivity index is 1.93. The molecule has 0 bridgehead atoms. The van der Waals surface area contributed by atoms with E-state index in [0.717, 1.165) is 19.3 Å². The molecule has 98 valence electrons. The Kier molecular flexibility index (Phi) is 3.25. The SMILES string of the molecule is O=c1[nH]cnc(NC2CCCc3ccccc32)c1Cl. The molecule has 1 aromatic heterocycles. The number of fused-ring (bicyclic) bond motifs is 1. The Morgan fingerprint density at radius 3 is 3.11 bits per heavy atom. The second kappa shape index (κ2) is 5.05. The van der Waals surface area contributed by atoms with E-state index in [1.807, 2.05) is 6.07 Å². The summed E-state index contributed by atoms with van der Waals surface area (Å²) in [5.41, 5.74) is 2.31.